The molecule has 0 radical (unpaired) electrons. The van der Waals surface area contributed by atoms with Crippen molar-refractivity contribution in [3.05, 3.63) is 182 Å². The van der Waals surface area contributed by atoms with Crippen molar-refractivity contribution >= 4 is 40.5 Å². The minimum absolute atomic E-state index is 0.0847. The van der Waals surface area contributed by atoms with Crippen molar-refractivity contribution in [2.75, 3.05) is 0 Å². The van der Waals surface area contributed by atoms with Crippen LogP contribution in [0.15, 0.2) is 115 Å². The Balaban J connectivity index is 1.97. The first-order valence-corrected chi connectivity index (χ1v) is 23.5. The maximum Gasteiger partial charge on any atom is 0.0998 e. The largest absolute Gasteiger partial charge is 0.192 e. The SMILES string of the molecule is C=CC(/C=C(\C#N)c1cc(/C=C(\C#N)c2cc(/C=C(\C#N)c3cc(/C=C(\C#N)c4cc(C)cc(C(C)(C)C)c4)cc(C(C)(C)C)c3)cc(C(C)(C)C)c2)cc(C(C)(C)C)c1)=C\C(=C/C)C(C)(C)C. The van der Waals surface area contributed by atoms with Gasteiger partial charge >= 0.3 is 0 Å². The number of nitrogens with zero attached hydrogens (tertiary/aromatic N) is 4. The Bertz CT molecular complexity index is 2960. The third kappa shape index (κ3) is 14.0. The van der Waals surface area contributed by atoms with E-state index in [1.807, 2.05) is 49.4 Å². The summed E-state index contributed by atoms with van der Waals surface area (Å²) < 4.78 is 0. The predicted molar refractivity (Wildman–Crippen MR) is 291 cm³/mol. The molecule has 4 nitrogen and oxygen atoms in total. The molecule has 0 aliphatic heterocycles. The van der Waals surface area contributed by atoms with E-state index in [1.54, 1.807) is 6.08 Å². The Kier molecular flexibility index (Phi) is 16.5. The normalized spacial score (nSPS) is 13.9. The van der Waals surface area contributed by atoms with E-state index in [0.29, 0.717) is 22.3 Å². The van der Waals surface area contributed by atoms with Crippen molar-refractivity contribution < 1.29 is 0 Å². The number of nitriles is 4. The van der Waals surface area contributed by atoms with Crippen LogP contribution >= 0.6 is 0 Å². The molecule has 0 aliphatic carbocycles. The molecule has 0 spiro atoms. The maximum atomic E-state index is 10.9. The molecule has 4 aromatic carbocycles. The summed E-state index contributed by atoms with van der Waals surface area (Å²) >= 11 is 0. The Morgan fingerprint density at radius 1 is 0.426 bits per heavy atom. The van der Waals surface area contributed by atoms with Gasteiger partial charge in [0.1, 0.15) is 0 Å². The topological polar surface area (TPSA) is 95.2 Å². The number of allylic oxidation sites excluding steroid dienone is 10. The van der Waals surface area contributed by atoms with Crippen LogP contribution in [0.3, 0.4) is 0 Å². The second-order valence-corrected chi connectivity index (χ2v) is 23.1. The number of hydrogen-bond acceptors (Lipinski definition) is 4. The first-order valence-electron chi connectivity index (χ1n) is 23.5. The number of hydrogen-bond donors (Lipinski definition) is 0. The Morgan fingerprint density at radius 2 is 0.735 bits per heavy atom. The van der Waals surface area contributed by atoms with Crippen LogP contribution in [-0.4, -0.2) is 0 Å². The molecule has 0 unspecified atom stereocenters. The molecule has 0 aromatic heterocycles. The molecular formula is C64H72N4. The van der Waals surface area contributed by atoms with E-state index in [4.69, 9.17) is 0 Å². The number of benzene rings is 4. The molecule has 4 aromatic rings. The minimum Gasteiger partial charge on any atom is -0.192 e. The lowest BCUT2D eigenvalue weighted by molar-refractivity contribution is 0.516. The quantitative estimate of drug-likeness (QED) is 0.0900. The molecule has 0 saturated heterocycles. The molecule has 0 heterocycles. The fourth-order valence-corrected chi connectivity index (χ4v) is 7.80. The van der Waals surface area contributed by atoms with Crippen LogP contribution in [0.25, 0.3) is 40.5 Å². The summed E-state index contributed by atoms with van der Waals surface area (Å²) in [5.41, 5.74) is 13.8. The molecule has 0 saturated carbocycles. The lowest BCUT2D eigenvalue weighted by atomic mass is 9.82. The molecule has 0 atom stereocenters. The van der Waals surface area contributed by atoms with Crippen molar-refractivity contribution in [3.8, 4) is 24.3 Å². The monoisotopic (exact) mass is 897 g/mol. The van der Waals surface area contributed by atoms with Gasteiger partial charge in [0.05, 0.1) is 46.6 Å². The highest BCUT2D eigenvalue weighted by molar-refractivity contribution is 5.95. The second kappa shape index (κ2) is 20.9. The summed E-state index contributed by atoms with van der Waals surface area (Å²) in [7, 11) is 0. The summed E-state index contributed by atoms with van der Waals surface area (Å²) in [6.07, 6.45) is 13.5. The van der Waals surface area contributed by atoms with Crippen LogP contribution in [-0.2, 0) is 21.7 Å². The average molecular weight is 897 g/mol. The van der Waals surface area contributed by atoms with Crippen molar-refractivity contribution in [1.29, 1.82) is 21.0 Å². The Morgan fingerprint density at radius 3 is 1.01 bits per heavy atom. The third-order valence-electron chi connectivity index (χ3n) is 12.1. The first kappa shape index (κ1) is 53.6. The second-order valence-electron chi connectivity index (χ2n) is 23.1. The van der Waals surface area contributed by atoms with Crippen LogP contribution in [0, 0.1) is 57.7 Å². The molecule has 0 N–H and O–H groups in total. The molecular weight excluding hydrogens is 825 g/mol. The van der Waals surface area contributed by atoms with Crippen LogP contribution in [0.1, 0.15) is 178 Å². The fraction of sp³-hybridized carbons (Fsp3) is 0.344. The molecule has 4 rings (SSSR count). The molecule has 0 amide bonds. The van der Waals surface area contributed by atoms with Gasteiger partial charge in [-0.2, -0.15) is 21.0 Å². The zero-order valence-electron chi connectivity index (χ0n) is 44.0. The van der Waals surface area contributed by atoms with E-state index in [0.717, 1.165) is 77.9 Å². The average Bonchev–Trinajstić information content (AvgIpc) is 3.24. The highest BCUT2D eigenvalue weighted by Gasteiger charge is 2.22. The highest BCUT2D eigenvalue weighted by Crippen LogP contribution is 2.36. The van der Waals surface area contributed by atoms with Crippen LogP contribution < -0.4 is 0 Å². The van der Waals surface area contributed by atoms with Gasteiger partial charge < -0.3 is 0 Å². The van der Waals surface area contributed by atoms with Crippen molar-refractivity contribution in [2.45, 2.75) is 139 Å². The summed E-state index contributed by atoms with van der Waals surface area (Å²) in [5.74, 6) is 0. The highest BCUT2D eigenvalue weighted by atomic mass is 14.3. The molecule has 0 fully saturated rings. The third-order valence-corrected chi connectivity index (χ3v) is 12.1. The zero-order chi connectivity index (χ0) is 51.2. The van der Waals surface area contributed by atoms with Crippen LogP contribution in [0.4, 0.5) is 0 Å². The van der Waals surface area contributed by atoms with Gasteiger partial charge in [-0.15, -0.1) is 0 Å². The summed E-state index contributed by atoms with van der Waals surface area (Å²) in [4.78, 5) is 0. The Labute approximate surface area is 410 Å². The number of aryl methyl sites for hydroxylation is 1. The zero-order valence-corrected chi connectivity index (χ0v) is 44.0. The number of rotatable bonds is 10. The van der Waals surface area contributed by atoms with Gasteiger partial charge in [0.15, 0.2) is 0 Å². The Hall–Kier alpha value is -6.98. The van der Waals surface area contributed by atoms with Gasteiger partial charge in [-0.05, 0) is 180 Å². The lowest BCUT2D eigenvalue weighted by Crippen LogP contribution is -2.12. The standard InChI is InChI=1S/C64H72N4/c1-19-43(30-55(20-2)60(4,5)6)23-51(38-65)48-24-45(32-57(35-48)62(10,11)12)28-53(40-67)50-26-46(33-59(37-50)64(16,17)18)29-54(41-68)49-25-44(31-58(36-49)63(13,14)15)27-52(39-66)47-21-42(3)22-56(34-47)61(7,8)9/h19-37H,1H2,2-18H3/b43-30+,51-23+,52-27+,53-28+,54-29+,55-20+. The molecule has 0 aliphatic rings. The van der Waals surface area contributed by atoms with E-state index in [1.165, 1.54) is 0 Å². The van der Waals surface area contributed by atoms with Gasteiger partial charge in [0.25, 0.3) is 0 Å². The minimum atomic E-state index is -0.283. The lowest BCUT2D eigenvalue weighted by Gasteiger charge is -2.22. The van der Waals surface area contributed by atoms with Gasteiger partial charge in [0, 0.05) is 0 Å². The first-order chi connectivity index (χ1) is 31.4. The van der Waals surface area contributed by atoms with Crippen molar-refractivity contribution in [2.24, 2.45) is 5.41 Å². The van der Waals surface area contributed by atoms with E-state index in [-0.39, 0.29) is 27.1 Å². The smallest absolute Gasteiger partial charge is 0.0998 e. The fourth-order valence-electron chi connectivity index (χ4n) is 7.80. The molecule has 0 bridgehead atoms. The van der Waals surface area contributed by atoms with Crippen LogP contribution in [0.2, 0.25) is 0 Å². The summed E-state index contributed by atoms with van der Waals surface area (Å²) in [5, 5.41) is 42.9. The van der Waals surface area contributed by atoms with Gasteiger partial charge in [-0.3, -0.25) is 0 Å². The van der Waals surface area contributed by atoms with Crippen LogP contribution in [0.5, 0.6) is 0 Å². The van der Waals surface area contributed by atoms with Gasteiger partial charge in [-0.25, -0.2) is 0 Å². The predicted octanol–water partition coefficient (Wildman–Crippen LogP) is 17.4. The van der Waals surface area contributed by atoms with Crippen molar-refractivity contribution in [1.82, 2.24) is 0 Å². The van der Waals surface area contributed by atoms with Crippen molar-refractivity contribution in [3.63, 3.8) is 0 Å². The molecule has 348 valence electrons. The van der Waals surface area contributed by atoms with Gasteiger partial charge in [-0.1, -0.05) is 165 Å². The van der Waals surface area contributed by atoms with E-state index in [9.17, 15) is 21.0 Å². The maximum absolute atomic E-state index is 10.9. The summed E-state index contributed by atoms with van der Waals surface area (Å²) in [6.45, 7) is 40.4. The van der Waals surface area contributed by atoms with Gasteiger partial charge in [0.2, 0.25) is 0 Å². The van der Waals surface area contributed by atoms with E-state index in [2.05, 4.69) is 208 Å². The summed E-state index contributed by atoms with van der Waals surface area (Å²) in [6, 6.07) is 34.6. The van der Waals surface area contributed by atoms with E-state index < -0.39 is 0 Å². The molecule has 68 heavy (non-hydrogen) atoms. The van der Waals surface area contributed by atoms with E-state index >= 15 is 0 Å². The molecule has 4 heteroatoms.